The number of carboxylic acid groups (broad SMARTS) is 1. The second-order valence-corrected chi connectivity index (χ2v) is 3.99. The number of hydrogen-bond donors (Lipinski definition) is 2. The molecule has 1 aromatic rings. The normalized spacial score (nSPS) is 19.2. The highest BCUT2D eigenvalue weighted by Crippen LogP contribution is 2.11. The van der Waals surface area contributed by atoms with Crippen molar-refractivity contribution in [2.75, 3.05) is 6.54 Å². The Bertz CT molecular complexity index is 421. The van der Waals surface area contributed by atoms with Crippen LogP contribution in [0.5, 0.6) is 0 Å². The van der Waals surface area contributed by atoms with Gasteiger partial charge in [0.2, 0.25) is 0 Å². The first-order chi connectivity index (χ1) is 8.15. The molecule has 0 saturated carbocycles. The van der Waals surface area contributed by atoms with Crippen LogP contribution < -0.4 is 5.32 Å². The number of nitrogens with one attached hydrogen (secondary N) is 1. The lowest BCUT2D eigenvalue weighted by atomic mass is 10.2. The van der Waals surface area contributed by atoms with E-state index >= 15 is 0 Å². The lowest BCUT2D eigenvalue weighted by molar-refractivity contribution is -0.137. The third kappa shape index (κ3) is 2.93. The van der Waals surface area contributed by atoms with Gasteiger partial charge in [0.25, 0.3) is 0 Å². The number of nitrogens with zero attached hydrogens (tertiary/aromatic N) is 2. The highest BCUT2D eigenvalue weighted by Gasteiger charge is 2.29. The van der Waals surface area contributed by atoms with Gasteiger partial charge in [-0.25, -0.2) is 4.79 Å². The molecule has 1 aliphatic rings. The fourth-order valence-electron chi connectivity index (χ4n) is 1.84. The third-order valence-electron chi connectivity index (χ3n) is 2.57. The van der Waals surface area contributed by atoms with Gasteiger partial charge in [-0.2, -0.15) is 0 Å². The van der Waals surface area contributed by atoms with Crippen molar-refractivity contribution in [3.05, 3.63) is 30.1 Å². The van der Waals surface area contributed by atoms with Gasteiger partial charge in [-0.3, -0.25) is 9.78 Å². The zero-order chi connectivity index (χ0) is 12.3. The van der Waals surface area contributed by atoms with Crippen LogP contribution in [0.15, 0.2) is 24.5 Å². The largest absolute Gasteiger partial charge is 0.481 e. The summed E-state index contributed by atoms with van der Waals surface area (Å²) in [4.78, 5) is 27.7. The molecule has 2 heterocycles. The Balaban J connectivity index is 1.95. The molecular weight excluding hydrogens is 222 g/mol. The van der Waals surface area contributed by atoms with Crippen molar-refractivity contribution >= 4 is 12.0 Å². The highest BCUT2D eigenvalue weighted by molar-refractivity contribution is 5.78. The molecule has 6 heteroatoms. The van der Waals surface area contributed by atoms with Crippen molar-refractivity contribution in [1.82, 2.24) is 15.2 Å². The summed E-state index contributed by atoms with van der Waals surface area (Å²) in [5.41, 5.74) is 0.929. The number of amides is 2. The number of hydrogen-bond acceptors (Lipinski definition) is 3. The fourth-order valence-corrected chi connectivity index (χ4v) is 1.84. The second-order valence-electron chi connectivity index (χ2n) is 3.99. The Morgan fingerprint density at radius 3 is 3.12 bits per heavy atom. The topological polar surface area (TPSA) is 82.5 Å². The van der Waals surface area contributed by atoms with E-state index < -0.39 is 5.97 Å². The third-order valence-corrected chi connectivity index (χ3v) is 2.57. The quantitative estimate of drug-likeness (QED) is 0.793. The Morgan fingerprint density at radius 1 is 1.65 bits per heavy atom. The van der Waals surface area contributed by atoms with Crippen LogP contribution in [0.25, 0.3) is 0 Å². The minimum absolute atomic E-state index is 0.0463. The predicted molar refractivity (Wildman–Crippen MR) is 59.2 cm³/mol. The summed E-state index contributed by atoms with van der Waals surface area (Å²) < 4.78 is 0. The summed E-state index contributed by atoms with van der Waals surface area (Å²) >= 11 is 0. The molecule has 90 valence electrons. The van der Waals surface area contributed by atoms with Crippen molar-refractivity contribution < 1.29 is 14.7 Å². The molecule has 1 unspecified atom stereocenters. The molecule has 2 rings (SSSR count). The maximum absolute atomic E-state index is 11.6. The number of urea groups is 1. The Labute approximate surface area is 98.3 Å². The molecule has 1 saturated heterocycles. The van der Waals surface area contributed by atoms with Crippen molar-refractivity contribution in [3.63, 3.8) is 0 Å². The minimum Gasteiger partial charge on any atom is -0.481 e. The van der Waals surface area contributed by atoms with Crippen molar-refractivity contribution in [2.45, 2.75) is 19.0 Å². The summed E-state index contributed by atoms with van der Waals surface area (Å²) in [5.74, 6) is -0.904. The second kappa shape index (κ2) is 4.82. The van der Waals surface area contributed by atoms with Crippen LogP contribution in [-0.2, 0) is 11.3 Å². The molecule has 0 radical (unpaired) electrons. The summed E-state index contributed by atoms with van der Waals surface area (Å²) in [5, 5.41) is 11.3. The lowest BCUT2D eigenvalue weighted by Gasteiger charge is -2.13. The standard InChI is InChI=1S/C11H13N3O3/c15-10(16)4-9-7-14(11(17)13-9)6-8-2-1-3-12-5-8/h1-3,5,9H,4,6-7H2,(H,13,17)(H,15,16). The van der Waals surface area contributed by atoms with E-state index in [0.717, 1.165) is 5.56 Å². The van der Waals surface area contributed by atoms with Gasteiger partial charge in [-0.05, 0) is 11.6 Å². The van der Waals surface area contributed by atoms with Crippen molar-refractivity contribution in [1.29, 1.82) is 0 Å². The van der Waals surface area contributed by atoms with Crippen molar-refractivity contribution in [2.24, 2.45) is 0 Å². The van der Waals surface area contributed by atoms with Crippen molar-refractivity contribution in [3.8, 4) is 0 Å². The predicted octanol–water partition coefficient (Wildman–Crippen LogP) is 0.450. The van der Waals surface area contributed by atoms with Crippen LogP contribution in [0.1, 0.15) is 12.0 Å². The number of rotatable bonds is 4. The monoisotopic (exact) mass is 235 g/mol. The van der Waals surface area contributed by atoms with Gasteiger partial charge in [-0.15, -0.1) is 0 Å². The van der Waals surface area contributed by atoms with Crippen LogP contribution in [0.2, 0.25) is 0 Å². The Hall–Kier alpha value is -2.11. The first-order valence-electron chi connectivity index (χ1n) is 5.31. The molecule has 1 aliphatic heterocycles. The number of carboxylic acids is 1. The van der Waals surface area contributed by atoms with Crippen LogP contribution >= 0.6 is 0 Å². The number of aromatic nitrogens is 1. The van der Waals surface area contributed by atoms with E-state index in [-0.39, 0.29) is 18.5 Å². The van der Waals surface area contributed by atoms with Crippen LogP contribution in [0.4, 0.5) is 4.79 Å². The molecule has 1 atom stereocenters. The molecule has 6 nitrogen and oxygen atoms in total. The highest BCUT2D eigenvalue weighted by atomic mass is 16.4. The summed E-state index contributed by atoms with van der Waals surface area (Å²) in [6.07, 6.45) is 3.31. The van der Waals surface area contributed by atoms with E-state index in [1.54, 1.807) is 23.4 Å². The molecular formula is C11H13N3O3. The average Bonchev–Trinajstić information content (AvgIpc) is 2.59. The zero-order valence-electron chi connectivity index (χ0n) is 9.17. The van der Waals surface area contributed by atoms with Gasteiger partial charge >= 0.3 is 12.0 Å². The molecule has 1 fully saturated rings. The Kier molecular flexibility index (Phi) is 3.22. The number of carbonyl (C=O) groups excluding carboxylic acids is 1. The number of aliphatic carboxylic acids is 1. The van der Waals surface area contributed by atoms with Gasteiger partial charge in [0.1, 0.15) is 0 Å². The first kappa shape index (κ1) is 11.4. The maximum atomic E-state index is 11.6. The molecule has 0 aromatic carbocycles. The van der Waals surface area contributed by atoms with Crippen LogP contribution in [-0.4, -0.2) is 39.6 Å². The summed E-state index contributed by atoms with van der Waals surface area (Å²) in [6.45, 7) is 0.871. The minimum atomic E-state index is -0.904. The first-order valence-corrected chi connectivity index (χ1v) is 5.31. The molecule has 0 aliphatic carbocycles. The molecule has 0 bridgehead atoms. The molecule has 0 spiro atoms. The van der Waals surface area contributed by atoms with Gasteiger partial charge < -0.3 is 15.3 Å². The zero-order valence-corrected chi connectivity index (χ0v) is 9.17. The molecule has 17 heavy (non-hydrogen) atoms. The molecule has 1 aromatic heterocycles. The molecule has 2 amide bonds. The summed E-state index contributed by atoms with van der Waals surface area (Å²) in [7, 11) is 0. The summed E-state index contributed by atoms with van der Waals surface area (Å²) in [6, 6.07) is 3.15. The van der Waals surface area contributed by atoms with E-state index in [4.69, 9.17) is 5.11 Å². The lowest BCUT2D eigenvalue weighted by Crippen LogP contribution is -2.29. The van der Waals surface area contributed by atoms with E-state index in [1.807, 2.05) is 6.07 Å². The SMILES string of the molecule is O=C(O)CC1CN(Cc2cccnc2)C(=O)N1. The van der Waals surface area contributed by atoms with Gasteiger partial charge in [0.05, 0.1) is 12.5 Å². The number of carbonyl (C=O) groups is 2. The maximum Gasteiger partial charge on any atom is 0.318 e. The van der Waals surface area contributed by atoms with E-state index in [1.165, 1.54) is 0 Å². The van der Waals surface area contributed by atoms with Crippen LogP contribution in [0.3, 0.4) is 0 Å². The van der Waals surface area contributed by atoms with E-state index in [2.05, 4.69) is 10.3 Å². The van der Waals surface area contributed by atoms with E-state index in [0.29, 0.717) is 13.1 Å². The van der Waals surface area contributed by atoms with Gasteiger partial charge in [-0.1, -0.05) is 6.07 Å². The van der Waals surface area contributed by atoms with Gasteiger partial charge in [0, 0.05) is 25.5 Å². The smallest absolute Gasteiger partial charge is 0.318 e. The fraction of sp³-hybridized carbons (Fsp3) is 0.364. The number of pyridine rings is 1. The Morgan fingerprint density at radius 2 is 2.47 bits per heavy atom. The van der Waals surface area contributed by atoms with Gasteiger partial charge in [0.15, 0.2) is 0 Å². The molecule has 2 N–H and O–H groups in total. The average molecular weight is 235 g/mol. The van der Waals surface area contributed by atoms with E-state index in [9.17, 15) is 9.59 Å². The van der Waals surface area contributed by atoms with Crippen LogP contribution in [0, 0.1) is 0 Å².